The maximum Gasteiger partial charge on any atom is 0.266 e. The summed E-state index contributed by atoms with van der Waals surface area (Å²) < 4.78 is 5.93. The Morgan fingerprint density at radius 2 is 1.92 bits per heavy atom. The third-order valence-electron chi connectivity index (χ3n) is 3.57. The van der Waals surface area contributed by atoms with Crippen LogP contribution >= 0.6 is 15.9 Å². The molecular weight excluding hydrogens is 368 g/mol. The van der Waals surface area contributed by atoms with Crippen molar-refractivity contribution in [1.82, 2.24) is 0 Å². The van der Waals surface area contributed by atoms with Crippen molar-refractivity contribution in [2.45, 2.75) is 13.8 Å². The van der Waals surface area contributed by atoms with E-state index in [2.05, 4.69) is 21.2 Å². The zero-order chi connectivity index (χ0) is 17.7. The second-order valence-electron chi connectivity index (χ2n) is 5.28. The monoisotopic (exact) mass is 384 g/mol. The van der Waals surface area contributed by atoms with E-state index in [-0.39, 0.29) is 5.57 Å². The highest BCUT2D eigenvalue weighted by molar-refractivity contribution is 9.10. The maximum absolute atomic E-state index is 12.4. The second kappa shape index (κ2) is 7.80. The lowest BCUT2D eigenvalue weighted by Gasteiger charge is -2.11. The van der Waals surface area contributed by atoms with Crippen molar-refractivity contribution in [3.05, 3.63) is 63.1 Å². The number of halogens is 1. The molecule has 5 heteroatoms. The number of nitrogens with one attached hydrogen (secondary N) is 1. The summed E-state index contributed by atoms with van der Waals surface area (Å²) in [6.45, 7) is 3.83. The molecule has 4 nitrogen and oxygen atoms in total. The molecule has 0 heterocycles. The fraction of sp³-hybridized carbons (Fsp3) is 0.158. The average Bonchev–Trinajstić information content (AvgIpc) is 2.56. The van der Waals surface area contributed by atoms with Crippen molar-refractivity contribution in [3.8, 4) is 11.8 Å². The molecule has 0 saturated carbocycles. The normalized spacial score (nSPS) is 10.9. The van der Waals surface area contributed by atoms with E-state index in [1.165, 1.54) is 0 Å². The van der Waals surface area contributed by atoms with Crippen LogP contribution in [0.4, 0.5) is 5.69 Å². The quantitative estimate of drug-likeness (QED) is 0.617. The fourth-order valence-corrected chi connectivity index (χ4v) is 2.84. The largest absolute Gasteiger partial charge is 0.496 e. The minimum atomic E-state index is -0.429. The van der Waals surface area contributed by atoms with E-state index in [0.29, 0.717) is 5.75 Å². The van der Waals surface area contributed by atoms with E-state index in [0.717, 1.165) is 26.9 Å². The molecule has 2 aromatic rings. The van der Waals surface area contributed by atoms with Crippen molar-refractivity contribution in [2.75, 3.05) is 12.4 Å². The molecule has 0 saturated heterocycles. The summed E-state index contributed by atoms with van der Waals surface area (Å²) in [4.78, 5) is 12.4. The number of rotatable bonds is 4. The van der Waals surface area contributed by atoms with Crippen LogP contribution in [0.3, 0.4) is 0 Å². The van der Waals surface area contributed by atoms with Crippen LogP contribution in [-0.4, -0.2) is 13.0 Å². The zero-order valence-electron chi connectivity index (χ0n) is 13.7. The van der Waals surface area contributed by atoms with Crippen molar-refractivity contribution in [3.63, 3.8) is 0 Å². The van der Waals surface area contributed by atoms with Crippen LogP contribution in [0.25, 0.3) is 6.08 Å². The van der Waals surface area contributed by atoms with E-state index in [4.69, 9.17) is 4.74 Å². The van der Waals surface area contributed by atoms with Gasteiger partial charge in [-0.3, -0.25) is 4.79 Å². The van der Waals surface area contributed by atoms with E-state index in [1.807, 2.05) is 38.1 Å². The summed E-state index contributed by atoms with van der Waals surface area (Å²) in [6.07, 6.45) is 1.55. The Kier molecular flexibility index (Phi) is 5.78. The predicted molar refractivity (Wildman–Crippen MR) is 98.8 cm³/mol. The zero-order valence-corrected chi connectivity index (χ0v) is 15.3. The standard InChI is InChI=1S/C19H17BrN2O2/c1-12-5-4-6-13(2)18(12)22-19(23)15(11-21)9-14-7-8-17(24-3)16(20)10-14/h4-10H,1-3H3,(H,22,23)/b15-9+. The summed E-state index contributed by atoms with van der Waals surface area (Å²) in [7, 11) is 1.58. The van der Waals surface area contributed by atoms with Gasteiger partial charge in [0, 0.05) is 5.69 Å². The van der Waals surface area contributed by atoms with E-state index in [1.54, 1.807) is 31.4 Å². The third-order valence-corrected chi connectivity index (χ3v) is 4.19. The van der Waals surface area contributed by atoms with Gasteiger partial charge in [-0.1, -0.05) is 24.3 Å². The molecular formula is C19H17BrN2O2. The van der Waals surface area contributed by atoms with Gasteiger partial charge in [0.2, 0.25) is 0 Å². The summed E-state index contributed by atoms with van der Waals surface area (Å²) >= 11 is 3.39. The van der Waals surface area contributed by atoms with Crippen molar-refractivity contribution in [1.29, 1.82) is 5.26 Å². The molecule has 0 aliphatic carbocycles. The Morgan fingerprint density at radius 3 is 2.46 bits per heavy atom. The number of amides is 1. The number of benzene rings is 2. The number of carbonyl (C=O) groups is 1. The first-order chi connectivity index (χ1) is 11.5. The molecule has 2 rings (SSSR count). The van der Waals surface area contributed by atoms with Crippen LogP contribution in [0.1, 0.15) is 16.7 Å². The Labute approximate surface area is 149 Å². The molecule has 24 heavy (non-hydrogen) atoms. The molecule has 1 N–H and O–H groups in total. The first kappa shape index (κ1) is 17.8. The van der Waals surface area contributed by atoms with Crippen LogP contribution in [-0.2, 0) is 4.79 Å². The van der Waals surface area contributed by atoms with E-state index < -0.39 is 5.91 Å². The Balaban J connectivity index is 2.29. The van der Waals surface area contributed by atoms with Gasteiger partial charge in [0.05, 0.1) is 11.6 Å². The second-order valence-corrected chi connectivity index (χ2v) is 6.14. The summed E-state index contributed by atoms with van der Waals surface area (Å²) in [5, 5.41) is 12.1. The molecule has 0 spiro atoms. The minimum absolute atomic E-state index is 0.0368. The van der Waals surface area contributed by atoms with E-state index >= 15 is 0 Å². The summed E-state index contributed by atoms with van der Waals surface area (Å²) in [5.41, 5.74) is 3.41. The highest BCUT2D eigenvalue weighted by atomic mass is 79.9. The molecule has 0 fully saturated rings. The Hall–Kier alpha value is -2.58. The van der Waals surface area contributed by atoms with Gasteiger partial charge in [0.1, 0.15) is 17.4 Å². The topological polar surface area (TPSA) is 62.1 Å². The minimum Gasteiger partial charge on any atom is -0.496 e. The number of aryl methyl sites for hydroxylation is 2. The van der Waals surface area contributed by atoms with Gasteiger partial charge in [-0.15, -0.1) is 0 Å². The van der Waals surface area contributed by atoms with Gasteiger partial charge < -0.3 is 10.1 Å². The molecule has 0 radical (unpaired) electrons. The molecule has 0 aromatic heterocycles. The average molecular weight is 385 g/mol. The number of para-hydroxylation sites is 1. The highest BCUT2D eigenvalue weighted by Gasteiger charge is 2.12. The lowest BCUT2D eigenvalue weighted by atomic mass is 10.1. The molecule has 1 amide bonds. The fourth-order valence-electron chi connectivity index (χ4n) is 2.28. The van der Waals surface area contributed by atoms with Crippen molar-refractivity contribution < 1.29 is 9.53 Å². The van der Waals surface area contributed by atoms with Gasteiger partial charge in [-0.2, -0.15) is 5.26 Å². The summed E-state index contributed by atoms with van der Waals surface area (Å²) in [6, 6.07) is 13.1. The lowest BCUT2D eigenvalue weighted by molar-refractivity contribution is -0.112. The first-order valence-electron chi connectivity index (χ1n) is 7.29. The number of ether oxygens (including phenoxy) is 1. The number of hydrogen-bond acceptors (Lipinski definition) is 3. The Morgan fingerprint density at radius 1 is 1.25 bits per heavy atom. The number of carbonyl (C=O) groups excluding carboxylic acids is 1. The first-order valence-corrected chi connectivity index (χ1v) is 8.08. The van der Waals surface area contributed by atoms with E-state index in [9.17, 15) is 10.1 Å². The molecule has 0 bridgehead atoms. The predicted octanol–water partition coefficient (Wildman–Crippen LogP) is 4.62. The van der Waals surface area contributed by atoms with Gasteiger partial charge in [0.25, 0.3) is 5.91 Å². The van der Waals surface area contributed by atoms with Gasteiger partial charge in [-0.25, -0.2) is 0 Å². The number of hydrogen-bond donors (Lipinski definition) is 1. The van der Waals surface area contributed by atoms with Crippen molar-refractivity contribution in [2.24, 2.45) is 0 Å². The molecule has 122 valence electrons. The smallest absolute Gasteiger partial charge is 0.266 e. The van der Waals surface area contributed by atoms with Crippen LogP contribution in [0.15, 0.2) is 46.4 Å². The van der Waals surface area contributed by atoms with Crippen LogP contribution < -0.4 is 10.1 Å². The number of nitrogens with zero attached hydrogens (tertiary/aromatic N) is 1. The van der Waals surface area contributed by atoms with Gasteiger partial charge >= 0.3 is 0 Å². The van der Waals surface area contributed by atoms with Crippen LogP contribution in [0.2, 0.25) is 0 Å². The molecule has 0 atom stereocenters. The number of anilines is 1. The van der Waals surface area contributed by atoms with Crippen molar-refractivity contribution >= 4 is 33.6 Å². The van der Waals surface area contributed by atoms with Gasteiger partial charge in [-0.05, 0) is 64.7 Å². The molecule has 0 unspecified atom stereocenters. The molecule has 0 aliphatic heterocycles. The maximum atomic E-state index is 12.4. The third kappa shape index (κ3) is 4.03. The van der Waals surface area contributed by atoms with Crippen LogP contribution in [0, 0.1) is 25.2 Å². The number of methoxy groups -OCH3 is 1. The van der Waals surface area contributed by atoms with Crippen LogP contribution in [0.5, 0.6) is 5.75 Å². The van der Waals surface area contributed by atoms with Gasteiger partial charge in [0.15, 0.2) is 0 Å². The summed E-state index contributed by atoms with van der Waals surface area (Å²) in [5.74, 6) is 0.257. The molecule has 2 aromatic carbocycles. The highest BCUT2D eigenvalue weighted by Crippen LogP contribution is 2.27. The molecule has 0 aliphatic rings. The number of nitriles is 1. The Bertz CT molecular complexity index is 831. The SMILES string of the molecule is COc1ccc(/C=C(\C#N)C(=O)Nc2c(C)cccc2C)cc1Br. The lowest BCUT2D eigenvalue weighted by Crippen LogP contribution is -2.15.